The topological polar surface area (TPSA) is 47.6 Å². The van der Waals surface area contributed by atoms with E-state index in [0.717, 1.165) is 15.6 Å². The van der Waals surface area contributed by atoms with Crippen LogP contribution in [0.4, 0.5) is 0 Å². The molecule has 0 fully saturated rings. The molecule has 0 amide bonds. The fourth-order valence-corrected chi connectivity index (χ4v) is 2.06. The Balaban J connectivity index is 3.35. The summed E-state index contributed by atoms with van der Waals surface area (Å²) in [5.74, 6) is 0.287. The predicted molar refractivity (Wildman–Crippen MR) is 62.3 cm³/mol. The summed E-state index contributed by atoms with van der Waals surface area (Å²) in [5, 5.41) is 17.7. The van der Waals surface area contributed by atoms with Crippen LogP contribution in [-0.4, -0.2) is 0 Å². The van der Waals surface area contributed by atoms with Crippen LogP contribution in [0.25, 0.3) is 0 Å². The van der Waals surface area contributed by atoms with Gasteiger partial charge in [-0.05, 0) is 39.0 Å². The zero-order valence-electron chi connectivity index (χ0n) is 8.71. The molecule has 0 N–H and O–H groups in total. The van der Waals surface area contributed by atoms with Gasteiger partial charge in [0.2, 0.25) is 0 Å². The minimum absolute atomic E-state index is 0.287. The molecule has 2 nitrogen and oxygen atoms in total. The molecule has 0 aromatic heterocycles. The second kappa shape index (κ2) is 4.96. The van der Waals surface area contributed by atoms with Crippen molar-refractivity contribution in [3.63, 3.8) is 0 Å². The monoisotopic (exact) mass is 262 g/mol. The van der Waals surface area contributed by atoms with E-state index in [1.54, 1.807) is 0 Å². The highest BCUT2D eigenvalue weighted by Gasteiger charge is 2.11. The first kappa shape index (κ1) is 11.8. The number of benzene rings is 1. The molecule has 15 heavy (non-hydrogen) atoms. The van der Waals surface area contributed by atoms with Crippen molar-refractivity contribution in [3.8, 4) is 12.1 Å². The molecule has 0 aliphatic rings. The van der Waals surface area contributed by atoms with E-state index in [0.29, 0.717) is 12.0 Å². The summed E-state index contributed by atoms with van der Waals surface area (Å²) < 4.78 is 0.779. The molecule has 1 rings (SSSR count). The second-order valence-corrected chi connectivity index (χ2v) is 4.50. The average Bonchev–Trinajstić information content (AvgIpc) is 2.17. The van der Waals surface area contributed by atoms with Gasteiger partial charge in [0, 0.05) is 4.47 Å². The highest BCUT2D eigenvalue weighted by Crippen LogP contribution is 2.27. The van der Waals surface area contributed by atoms with E-state index < -0.39 is 0 Å². The van der Waals surface area contributed by atoms with Crippen LogP contribution < -0.4 is 0 Å². The van der Waals surface area contributed by atoms with E-state index in [1.165, 1.54) is 0 Å². The van der Waals surface area contributed by atoms with E-state index in [1.807, 2.05) is 26.0 Å². The zero-order valence-corrected chi connectivity index (χ0v) is 10.3. The lowest BCUT2D eigenvalue weighted by atomic mass is 9.95. The summed E-state index contributed by atoms with van der Waals surface area (Å²) >= 11 is 3.36. The third-order valence-corrected chi connectivity index (χ3v) is 2.82. The van der Waals surface area contributed by atoms with E-state index in [-0.39, 0.29) is 5.92 Å². The van der Waals surface area contributed by atoms with E-state index in [2.05, 4.69) is 28.1 Å². The van der Waals surface area contributed by atoms with Gasteiger partial charge in [0.15, 0.2) is 0 Å². The lowest BCUT2D eigenvalue weighted by Gasteiger charge is -2.11. The van der Waals surface area contributed by atoms with Crippen LogP contribution in [0, 0.1) is 22.7 Å². The van der Waals surface area contributed by atoms with Crippen molar-refractivity contribution in [1.82, 2.24) is 0 Å². The first-order valence-electron chi connectivity index (χ1n) is 4.69. The maximum absolute atomic E-state index is 9.02. The lowest BCUT2D eigenvalue weighted by molar-refractivity contribution is 0.858. The van der Waals surface area contributed by atoms with Crippen LogP contribution in [0.5, 0.6) is 0 Å². The molecule has 0 bridgehead atoms. The number of nitriles is 2. The smallest absolute Gasteiger partial charge is 0.101 e. The van der Waals surface area contributed by atoms with Gasteiger partial charge in [0.05, 0.1) is 18.1 Å². The first-order chi connectivity index (χ1) is 7.10. The third kappa shape index (κ3) is 2.58. The van der Waals surface area contributed by atoms with Crippen LogP contribution in [0.3, 0.4) is 0 Å². The van der Waals surface area contributed by atoms with Crippen molar-refractivity contribution in [2.75, 3.05) is 0 Å². The zero-order chi connectivity index (χ0) is 11.4. The van der Waals surface area contributed by atoms with Gasteiger partial charge in [-0.1, -0.05) is 19.9 Å². The SMILES string of the molecule is CC(C)c1cc(CC#N)cc(Br)c1C#N. The minimum Gasteiger partial charge on any atom is -0.198 e. The van der Waals surface area contributed by atoms with Crippen LogP contribution >= 0.6 is 15.9 Å². The summed E-state index contributed by atoms with van der Waals surface area (Å²) in [5.41, 5.74) is 2.62. The predicted octanol–water partition coefficient (Wildman–Crippen LogP) is 3.51. The van der Waals surface area contributed by atoms with E-state index in [9.17, 15) is 0 Å². The summed E-state index contributed by atoms with van der Waals surface area (Å²) in [7, 11) is 0. The Bertz CT molecular complexity index is 450. The Morgan fingerprint density at radius 2 is 2.00 bits per heavy atom. The molecule has 0 heterocycles. The van der Waals surface area contributed by atoms with Gasteiger partial charge in [-0.15, -0.1) is 0 Å². The Morgan fingerprint density at radius 1 is 1.33 bits per heavy atom. The molecule has 0 radical (unpaired) electrons. The summed E-state index contributed by atoms with van der Waals surface area (Å²) in [6.07, 6.45) is 0.379. The molecule has 0 aliphatic heterocycles. The molecule has 1 aromatic rings. The molecule has 0 saturated carbocycles. The van der Waals surface area contributed by atoms with Crippen molar-refractivity contribution in [3.05, 3.63) is 33.3 Å². The van der Waals surface area contributed by atoms with Crippen LogP contribution in [-0.2, 0) is 6.42 Å². The van der Waals surface area contributed by atoms with Crippen LogP contribution in [0.1, 0.15) is 36.5 Å². The quantitative estimate of drug-likeness (QED) is 0.819. The summed E-state index contributed by atoms with van der Waals surface area (Å²) in [6, 6.07) is 8.08. The Hall–Kier alpha value is -1.32. The highest BCUT2D eigenvalue weighted by atomic mass is 79.9. The van der Waals surface area contributed by atoms with Gasteiger partial charge in [-0.25, -0.2) is 0 Å². The summed E-state index contributed by atoms with van der Waals surface area (Å²) in [4.78, 5) is 0. The largest absolute Gasteiger partial charge is 0.198 e. The Labute approximate surface area is 98.3 Å². The number of nitrogens with zero attached hydrogens (tertiary/aromatic N) is 2. The molecular formula is C12H11BrN2. The Kier molecular flexibility index (Phi) is 3.88. The number of halogens is 1. The van der Waals surface area contributed by atoms with Gasteiger partial charge in [-0.2, -0.15) is 10.5 Å². The average molecular weight is 263 g/mol. The Morgan fingerprint density at radius 3 is 2.47 bits per heavy atom. The van der Waals surface area contributed by atoms with Gasteiger partial charge in [0.25, 0.3) is 0 Å². The van der Waals surface area contributed by atoms with Gasteiger partial charge in [0.1, 0.15) is 6.07 Å². The molecular weight excluding hydrogens is 252 g/mol. The molecule has 0 spiro atoms. The van der Waals surface area contributed by atoms with Crippen molar-refractivity contribution in [2.24, 2.45) is 0 Å². The molecule has 1 aromatic carbocycles. The van der Waals surface area contributed by atoms with Crippen LogP contribution in [0.2, 0.25) is 0 Å². The van der Waals surface area contributed by atoms with Crippen molar-refractivity contribution >= 4 is 15.9 Å². The third-order valence-electron chi connectivity index (χ3n) is 2.20. The molecule has 0 atom stereocenters. The number of hydrogen-bond donors (Lipinski definition) is 0. The highest BCUT2D eigenvalue weighted by molar-refractivity contribution is 9.10. The minimum atomic E-state index is 0.287. The fraction of sp³-hybridized carbons (Fsp3) is 0.333. The molecule has 3 heteroatoms. The summed E-state index contributed by atoms with van der Waals surface area (Å²) in [6.45, 7) is 4.08. The van der Waals surface area contributed by atoms with E-state index >= 15 is 0 Å². The normalized spacial score (nSPS) is 9.73. The number of rotatable bonds is 2. The van der Waals surface area contributed by atoms with Crippen molar-refractivity contribution in [2.45, 2.75) is 26.2 Å². The van der Waals surface area contributed by atoms with Crippen LogP contribution in [0.15, 0.2) is 16.6 Å². The molecule has 76 valence electrons. The number of hydrogen-bond acceptors (Lipinski definition) is 2. The van der Waals surface area contributed by atoms with E-state index in [4.69, 9.17) is 10.5 Å². The van der Waals surface area contributed by atoms with Gasteiger partial charge < -0.3 is 0 Å². The fourth-order valence-electron chi connectivity index (χ4n) is 1.45. The standard InChI is InChI=1S/C12H11BrN2/c1-8(2)10-5-9(3-4-14)6-12(13)11(10)7-15/h5-6,8H,3H2,1-2H3. The first-order valence-corrected chi connectivity index (χ1v) is 5.48. The maximum atomic E-state index is 9.02. The van der Waals surface area contributed by atoms with Gasteiger partial charge in [-0.3, -0.25) is 0 Å². The maximum Gasteiger partial charge on any atom is 0.101 e. The second-order valence-electron chi connectivity index (χ2n) is 3.64. The molecule has 0 saturated heterocycles. The molecule has 0 unspecified atom stereocenters. The van der Waals surface area contributed by atoms with Gasteiger partial charge >= 0.3 is 0 Å². The lowest BCUT2D eigenvalue weighted by Crippen LogP contribution is -1.96. The van der Waals surface area contributed by atoms with Crippen molar-refractivity contribution in [1.29, 1.82) is 10.5 Å². The molecule has 0 aliphatic carbocycles. The van der Waals surface area contributed by atoms with Crippen molar-refractivity contribution < 1.29 is 0 Å².